The summed E-state index contributed by atoms with van der Waals surface area (Å²) in [6, 6.07) is 3.35. The first-order valence-electron chi connectivity index (χ1n) is 7.51. The molecule has 1 aromatic carbocycles. The van der Waals surface area contributed by atoms with E-state index in [-0.39, 0.29) is 11.9 Å². The lowest BCUT2D eigenvalue weighted by molar-refractivity contribution is -0.127. The number of hydrogen-bond acceptors (Lipinski definition) is 3. The van der Waals surface area contributed by atoms with Gasteiger partial charge in [-0.15, -0.1) is 0 Å². The van der Waals surface area contributed by atoms with Crippen molar-refractivity contribution in [3.05, 3.63) is 35.4 Å². The molecule has 3 atom stereocenters. The van der Waals surface area contributed by atoms with Gasteiger partial charge in [0.1, 0.15) is 6.10 Å². The van der Waals surface area contributed by atoms with Crippen LogP contribution in [0.25, 0.3) is 0 Å². The smallest absolute Gasteiger partial charge is 0.240 e. The summed E-state index contributed by atoms with van der Waals surface area (Å²) in [6.45, 7) is 4.10. The highest BCUT2D eigenvalue weighted by Gasteiger charge is 2.35. The highest BCUT2D eigenvalue weighted by molar-refractivity contribution is 5.85. The van der Waals surface area contributed by atoms with Crippen LogP contribution in [0.5, 0.6) is 0 Å². The van der Waals surface area contributed by atoms with Crippen molar-refractivity contribution in [2.24, 2.45) is 5.73 Å². The van der Waals surface area contributed by atoms with Gasteiger partial charge in [0.25, 0.3) is 0 Å². The van der Waals surface area contributed by atoms with Gasteiger partial charge in [-0.1, -0.05) is 19.4 Å². The van der Waals surface area contributed by atoms with Gasteiger partial charge >= 0.3 is 0 Å². The lowest BCUT2D eigenvalue weighted by atomic mass is 9.94. The lowest BCUT2D eigenvalue weighted by Gasteiger charge is -2.27. The maximum atomic E-state index is 13.4. The molecule has 0 aliphatic carbocycles. The average molecular weight is 312 g/mol. The van der Waals surface area contributed by atoms with Gasteiger partial charge in [-0.3, -0.25) is 4.79 Å². The Hall–Kier alpha value is -1.53. The number of ether oxygens (including phenoxy) is 1. The van der Waals surface area contributed by atoms with Crippen molar-refractivity contribution in [1.82, 2.24) is 5.32 Å². The number of carbonyl (C=O) groups is 1. The molecule has 6 heteroatoms. The minimum Gasteiger partial charge on any atom is -0.371 e. The molecular weight excluding hydrogens is 290 g/mol. The number of amides is 1. The zero-order valence-electron chi connectivity index (χ0n) is 12.9. The summed E-state index contributed by atoms with van der Waals surface area (Å²) < 4.78 is 32.0. The molecule has 122 valence electrons. The van der Waals surface area contributed by atoms with E-state index in [1.165, 1.54) is 6.07 Å². The summed E-state index contributed by atoms with van der Waals surface area (Å²) in [6.07, 6.45) is 1.49. The number of rotatable bonds is 5. The fourth-order valence-corrected chi connectivity index (χ4v) is 2.72. The van der Waals surface area contributed by atoms with Crippen LogP contribution in [-0.4, -0.2) is 24.1 Å². The zero-order valence-corrected chi connectivity index (χ0v) is 12.9. The molecule has 1 saturated heterocycles. The molecule has 4 nitrogen and oxygen atoms in total. The van der Waals surface area contributed by atoms with E-state index >= 15 is 0 Å². The predicted molar refractivity (Wildman–Crippen MR) is 79.1 cm³/mol. The van der Waals surface area contributed by atoms with Gasteiger partial charge in [-0.2, -0.15) is 0 Å². The Morgan fingerprint density at radius 2 is 2.18 bits per heavy atom. The Labute approximate surface area is 129 Å². The largest absolute Gasteiger partial charge is 0.371 e. The SMILES string of the molecule is CCCC(C)(N)C(=O)NC1CCOC1c1ccc(F)c(F)c1. The summed E-state index contributed by atoms with van der Waals surface area (Å²) in [5, 5.41) is 2.88. The van der Waals surface area contributed by atoms with Crippen LogP contribution < -0.4 is 11.1 Å². The lowest BCUT2D eigenvalue weighted by Crippen LogP contribution is -2.54. The van der Waals surface area contributed by atoms with Crippen molar-refractivity contribution in [3.8, 4) is 0 Å². The number of carbonyl (C=O) groups excluding carboxylic acids is 1. The molecule has 0 radical (unpaired) electrons. The average Bonchev–Trinajstić information content (AvgIpc) is 2.90. The van der Waals surface area contributed by atoms with E-state index in [1.54, 1.807) is 6.92 Å². The summed E-state index contributed by atoms with van der Waals surface area (Å²) >= 11 is 0. The second-order valence-electron chi connectivity index (χ2n) is 6.00. The van der Waals surface area contributed by atoms with E-state index in [0.717, 1.165) is 18.6 Å². The highest BCUT2D eigenvalue weighted by Crippen LogP contribution is 2.30. The maximum Gasteiger partial charge on any atom is 0.240 e. The number of nitrogens with two attached hydrogens (primary N) is 1. The van der Waals surface area contributed by atoms with Crippen LogP contribution in [0.1, 0.15) is 44.8 Å². The molecule has 0 saturated carbocycles. The number of nitrogens with one attached hydrogen (secondary N) is 1. The topological polar surface area (TPSA) is 64.4 Å². The summed E-state index contributed by atoms with van der Waals surface area (Å²) in [7, 11) is 0. The van der Waals surface area contributed by atoms with Gasteiger partial charge in [0.05, 0.1) is 11.6 Å². The standard InChI is InChI=1S/C16H22F2N2O2/c1-3-7-16(2,19)15(21)20-13-6-8-22-14(13)10-4-5-11(17)12(18)9-10/h4-5,9,13-14H,3,6-8,19H2,1-2H3,(H,20,21). The first-order chi connectivity index (χ1) is 10.3. The van der Waals surface area contributed by atoms with Crippen molar-refractivity contribution in [2.75, 3.05) is 6.61 Å². The molecule has 0 bridgehead atoms. The van der Waals surface area contributed by atoms with Crippen molar-refractivity contribution in [3.63, 3.8) is 0 Å². The summed E-state index contributed by atoms with van der Waals surface area (Å²) in [5.41, 5.74) is 5.58. The van der Waals surface area contributed by atoms with Crippen LogP contribution in [0, 0.1) is 11.6 Å². The van der Waals surface area contributed by atoms with E-state index in [2.05, 4.69) is 5.32 Å². The van der Waals surface area contributed by atoms with Gasteiger partial charge in [0, 0.05) is 6.61 Å². The molecule has 0 aromatic heterocycles. The van der Waals surface area contributed by atoms with Crippen molar-refractivity contribution >= 4 is 5.91 Å². The quantitative estimate of drug-likeness (QED) is 0.877. The number of benzene rings is 1. The van der Waals surface area contributed by atoms with Crippen LogP contribution in [-0.2, 0) is 9.53 Å². The molecule has 1 amide bonds. The third-order valence-corrected chi connectivity index (χ3v) is 3.97. The fraction of sp³-hybridized carbons (Fsp3) is 0.562. The first-order valence-corrected chi connectivity index (χ1v) is 7.51. The van der Waals surface area contributed by atoms with Gasteiger partial charge in [-0.05, 0) is 37.5 Å². The first kappa shape index (κ1) is 16.8. The third-order valence-electron chi connectivity index (χ3n) is 3.97. The molecular formula is C16H22F2N2O2. The van der Waals surface area contributed by atoms with E-state index in [1.807, 2.05) is 6.92 Å². The highest BCUT2D eigenvalue weighted by atomic mass is 19.2. The van der Waals surface area contributed by atoms with E-state index in [4.69, 9.17) is 10.5 Å². The Balaban J connectivity index is 2.10. The minimum absolute atomic E-state index is 0.252. The van der Waals surface area contributed by atoms with Crippen molar-refractivity contribution < 1.29 is 18.3 Å². The van der Waals surface area contributed by atoms with E-state index in [9.17, 15) is 13.6 Å². The van der Waals surface area contributed by atoms with Crippen LogP contribution in [0.4, 0.5) is 8.78 Å². The molecule has 1 aliphatic heterocycles. The normalized spacial score (nSPS) is 24.0. The van der Waals surface area contributed by atoms with Gasteiger partial charge in [0.15, 0.2) is 11.6 Å². The summed E-state index contributed by atoms with van der Waals surface area (Å²) in [4.78, 5) is 12.3. The predicted octanol–water partition coefficient (Wildman–Crippen LogP) is 2.43. The Bertz CT molecular complexity index is 549. The molecule has 1 fully saturated rings. The second kappa shape index (κ2) is 6.71. The Morgan fingerprint density at radius 3 is 2.82 bits per heavy atom. The van der Waals surface area contributed by atoms with Crippen LogP contribution in [0.15, 0.2) is 18.2 Å². The molecule has 3 N–H and O–H groups in total. The Kier molecular flexibility index (Phi) is 5.13. The minimum atomic E-state index is -0.948. The third kappa shape index (κ3) is 3.62. The van der Waals surface area contributed by atoms with Crippen LogP contribution in [0.2, 0.25) is 0 Å². The van der Waals surface area contributed by atoms with Crippen LogP contribution >= 0.6 is 0 Å². The van der Waals surface area contributed by atoms with Crippen molar-refractivity contribution in [1.29, 1.82) is 0 Å². The Morgan fingerprint density at radius 1 is 1.45 bits per heavy atom. The van der Waals surface area contributed by atoms with Gasteiger partial charge in [-0.25, -0.2) is 8.78 Å². The van der Waals surface area contributed by atoms with Gasteiger partial charge < -0.3 is 15.8 Å². The van der Waals surface area contributed by atoms with E-state index in [0.29, 0.717) is 25.0 Å². The molecule has 0 spiro atoms. The van der Waals surface area contributed by atoms with Gasteiger partial charge in [0.2, 0.25) is 5.91 Å². The molecule has 1 aromatic rings. The van der Waals surface area contributed by atoms with Crippen molar-refractivity contribution in [2.45, 2.75) is 50.8 Å². The number of hydrogen-bond donors (Lipinski definition) is 2. The van der Waals surface area contributed by atoms with Crippen LogP contribution in [0.3, 0.4) is 0 Å². The fourth-order valence-electron chi connectivity index (χ4n) is 2.72. The molecule has 1 heterocycles. The summed E-state index contributed by atoms with van der Waals surface area (Å²) in [5.74, 6) is -2.08. The molecule has 2 rings (SSSR count). The zero-order chi connectivity index (χ0) is 16.3. The van der Waals surface area contributed by atoms with E-state index < -0.39 is 23.3 Å². The second-order valence-corrected chi connectivity index (χ2v) is 6.00. The monoisotopic (exact) mass is 312 g/mol. The molecule has 3 unspecified atom stereocenters. The number of halogens is 2. The molecule has 22 heavy (non-hydrogen) atoms. The molecule has 1 aliphatic rings. The maximum absolute atomic E-state index is 13.4.